The summed E-state index contributed by atoms with van der Waals surface area (Å²) in [5.74, 6) is 0.612. The Hall–Kier alpha value is -4.29. The molecule has 0 atom stereocenters. The molecule has 6 rings (SSSR count). The summed E-state index contributed by atoms with van der Waals surface area (Å²) in [4.78, 5) is 28.2. The normalized spacial score (nSPS) is 16.3. The summed E-state index contributed by atoms with van der Waals surface area (Å²) in [5.41, 5.74) is 9.14. The molecule has 9 heteroatoms. The maximum atomic E-state index is 14.1. The number of nitriles is 1. The first kappa shape index (κ1) is 21.3. The fraction of sp³-hybridized carbons (Fsp3) is 0.269. The summed E-state index contributed by atoms with van der Waals surface area (Å²) in [7, 11) is 1.80. The topological polar surface area (TPSA) is 134 Å². The number of aromatic amines is 1. The molecule has 1 spiro atoms. The Bertz CT molecular complexity index is 1620. The number of H-pyrrole nitrogens is 1. The number of nitrogens with two attached hydrogens (primary N) is 1. The van der Waals surface area contributed by atoms with Gasteiger partial charge in [-0.25, -0.2) is 5.10 Å². The average Bonchev–Trinajstić information content (AvgIpc) is 3.57. The molecule has 1 amide bonds. The monoisotopic (exact) mass is 465 g/mol. The Kier molecular flexibility index (Phi) is 4.62. The Morgan fingerprint density at radius 3 is 2.71 bits per heavy atom. The zero-order valence-electron chi connectivity index (χ0n) is 19.2. The van der Waals surface area contributed by atoms with E-state index in [0.717, 1.165) is 48.1 Å². The van der Waals surface area contributed by atoms with Crippen molar-refractivity contribution >= 4 is 28.2 Å². The van der Waals surface area contributed by atoms with Crippen molar-refractivity contribution in [1.82, 2.24) is 20.0 Å². The Balaban J connectivity index is 1.59. The highest BCUT2D eigenvalue weighted by Gasteiger charge is 2.54. The van der Waals surface area contributed by atoms with Crippen LogP contribution in [0.1, 0.15) is 42.5 Å². The molecule has 2 aromatic carbocycles. The van der Waals surface area contributed by atoms with Crippen LogP contribution in [0.2, 0.25) is 0 Å². The summed E-state index contributed by atoms with van der Waals surface area (Å²) in [6, 6.07) is 13.3. The van der Waals surface area contributed by atoms with E-state index in [0.29, 0.717) is 27.8 Å². The van der Waals surface area contributed by atoms with E-state index in [4.69, 9.17) is 5.73 Å². The number of carbonyl (C=O) groups excluding carboxylic acids is 1. The average molecular weight is 466 g/mol. The highest BCUT2D eigenvalue weighted by Crippen LogP contribution is 2.55. The summed E-state index contributed by atoms with van der Waals surface area (Å²) in [6.45, 7) is 0.175. The van der Waals surface area contributed by atoms with Gasteiger partial charge >= 0.3 is 0 Å². The second kappa shape index (κ2) is 7.61. The molecule has 1 aliphatic heterocycles. The van der Waals surface area contributed by atoms with Crippen LogP contribution in [0.25, 0.3) is 21.9 Å². The third-order valence-electron chi connectivity index (χ3n) is 7.44. The smallest absolute Gasteiger partial charge is 0.272 e. The van der Waals surface area contributed by atoms with Crippen molar-refractivity contribution in [3.05, 3.63) is 69.8 Å². The number of carbonyl (C=O) groups is 1. The molecule has 0 radical (unpaired) electrons. The van der Waals surface area contributed by atoms with Gasteiger partial charge in [-0.15, -0.1) is 0 Å². The van der Waals surface area contributed by atoms with E-state index in [2.05, 4.69) is 21.4 Å². The van der Waals surface area contributed by atoms with Gasteiger partial charge in [-0.2, -0.15) is 15.5 Å². The van der Waals surface area contributed by atoms with E-state index in [9.17, 15) is 14.9 Å². The van der Waals surface area contributed by atoms with Gasteiger partial charge in [0, 0.05) is 30.1 Å². The van der Waals surface area contributed by atoms with Crippen LogP contribution in [-0.4, -0.2) is 25.9 Å². The lowest BCUT2D eigenvalue weighted by Gasteiger charge is -2.24. The molecule has 35 heavy (non-hydrogen) atoms. The van der Waals surface area contributed by atoms with Crippen molar-refractivity contribution in [2.45, 2.75) is 37.6 Å². The number of nitrogens with one attached hydrogen (secondary N) is 1. The van der Waals surface area contributed by atoms with Crippen LogP contribution < -0.4 is 16.2 Å². The van der Waals surface area contributed by atoms with E-state index in [1.54, 1.807) is 35.0 Å². The Morgan fingerprint density at radius 2 is 1.97 bits per heavy atom. The number of nitrogens with zero attached hydrogens (tertiary/aromatic N) is 5. The van der Waals surface area contributed by atoms with Gasteiger partial charge in [0.15, 0.2) is 0 Å². The van der Waals surface area contributed by atoms with Gasteiger partial charge in [-0.05, 0) is 42.7 Å². The van der Waals surface area contributed by atoms with E-state index in [1.165, 1.54) is 0 Å². The second-order valence-corrected chi connectivity index (χ2v) is 9.21. The van der Waals surface area contributed by atoms with E-state index >= 15 is 0 Å². The van der Waals surface area contributed by atoms with Crippen LogP contribution in [-0.2, 0) is 23.8 Å². The molecule has 1 saturated carbocycles. The largest absolute Gasteiger partial charge is 0.325 e. The summed E-state index contributed by atoms with van der Waals surface area (Å²) < 4.78 is 1.69. The van der Waals surface area contributed by atoms with Crippen LogP contribution in [0.3, 0.4) is 0 Å². The molecule has 9 nitrogen and oxygen atoms in total. The van der Waals surface area contributed by atoms with Crippen LogP contribution in [0.5, 0.6) is 0 Å². The lowest BCUT2D eigenvalue weighted by atomic mass is 9.78. The van der Waals surface area contributed by atoms with Gasteiger partial charge < -0.3 is 5.73 Å². The quantitative estimate of drug-likeness (QED) is 0.477. The van der Waals surface area contributed by atoms with Crippen LogP contribution in [0.4, 0.5) is 11.5 Å². The summed E-state index contributed by atoms with van der Waals surface area (Å²) in [6.07, 6.45) is 5.08. The second-order valence-electron chi connectivity index (χ2n) is 9.21. The molecule has 1 fully saturated rings. The van der Waals surface area contributed by atoms with E-state index in [-0.39, 0.29) is 18.0 Å². The maximum absolute atomic E-state index is 14.1. The van der Waals surface area contributed by atoms with Gasteiger partial charge in [0.05, 0.1) is 40.0 Å². The number of fused-ring (bicyclic) bond motifs is 3. The van der Waals surface area contributed by atoms with Gasteiger partial charge in [-0.1, -0.05) is 25.0 Å². The van der Waals surface area contributed by atoms with E-state index < -0.39 is 5.41 Å². The fourth-order valence-corrected chi connectivity index (χ4v) is 5.85. The molecular weight excluding hydrogens is 442 g/mol. The molecule has 2 aliphatic rings. The van der Waals surface area contributed by atoms with Gasteiger partial charge in [0.25, 0.3) is 5.56 Å². The number of hydrogen-bond donors (Lipinski definition) is 2. The number of anilines is 2. The van der Waals surface area contributed by atoms with Crippen molar-refractivity contribution in [2.75, 3.05) is 4.90 Å². The fourth-order valence-electron chi connectivity index (χ4n) is 5.85. The number of amides is 1. The minimum Gasteiger partial charge on any atom is -0.325 e. The molecule has 0 saturated heterocycles. The molecular formula is C26H23N7O2. The standard InChI is InChI=1S/C26H23N7O2/c1-32-24(19(14-29-32)15-7-8-17-18(11-15)20(13-28)30-31-23(17)34)33-21-6-4-5-16(12-27)22(21)26(25(33)35)9-2-3-10-26/h4-8,11,14H,2-3,9-10,13,28H2,1H3,(H,31,34). The lowest BCUT2D eigenvalue weighted by molar-refractivity contribution is -0.122. The molecule has 0 bridgehead atoms. The third kappa shape index (κ3) is 2.83. The molecule has 1 aliphatic carbocycles. The highest BCUT2D eigenvalue weighted by atomic mass is 16.2. The van der Waals surface area contributed by atoms with Gasteiger partial charge in [0.2, 0.25) is 5.91 Å². The van der Waals surface area contributed by atoms with Crippen LogP contribution >= 0.6 is 0 Å². The van der Waals surface area contributed by atoms with Crippen molar-refractivity contribution < 1.29 is 4.79 Å². The molecule has 174 valence electrons. The first-order valence-electron chi connectivity index (χ1n) is 11.6. The van der Waals surface area contributed by atoms with Crippen LogP contribution in [0.15, 0.2) is 47.4 Å². The van der Waals surface area contributed by atoms with Gasteiger partial charge in [0.1, 0.15) is 5.82 Å². The first-order chi connectivity index (χ1) is 17.0. The predicted octanol–water partition coefficient (Wildman–Crippen LogP) is 3.14. The number of benzene rings is 2. The number of aromatic nitrogens is 4. The SMILES string of the molecule is Cn1ncc(-c2ccc3c(=O)[nH]nc(CN)c3c2)c1N1C(=O)C2(CCCC2)c2c(C#N)cccc21. The third-order valence-corrected chi connectivity index (χ3v) is 7.44. The molecule has 0 unspecified atom stereocenters. The van der Waals surface area contributed by atoms with Crippen LogP contribution in [0, 0.1) is 11.3 Å². The number of rotatable bonds is 3. The Morgan fingerprint density at radius 1 is 1.17 bits per heavy atom. The zero-order chi connectivity index (χ0) is 24.3. The van der Waals surface area contributed by atoms with Crippen molar-refractivity contribution in [3.8, 4) is 17.2 Å². The minimum atomic E-state index is -0.684. The van der Waals surface area contributed by atoms with Gasteiger partial charge in [-0.3, -0.25) is 19.2 Å². The zero-order valence-corrected chi connectivity index (χ0v) is 19.2. The maximum Gasteiger partial charge on any atom is 0.272 e. The number of aryl methyl sites for hydroxylation is 1. The lowest BCUT2D eigenvalue weighted by Crippen LogP contribution is -2.37. The molecule has 3 N–H and O–H groups in total. The summed E-state index contributed by atoms with van der Waals surface area (Å²) in [5, 5.41) is 22.1. The minimum absolute atomic E-state index is 0.0147. The highest BCUT2D eigenvalue weighted by molar-refractivity contribution is 6.15. The van der Waals surface area contributed by atoms with Crippen molar-refractivity contribution in [1.29, 1.82) is 5.26 Å². The Labute approximate surface area is 200 Å². The first-order valence-corrected chi connectivity index (χ1v) is 11.6. The van der Waals surface area contributed by atoms with E-state index in [1.807, 2.05) is 24.3 Å². The molecule has 3 heterocycles. The van der Waals surface area contributed by atoms with Crippen molar-refractivity contribution in [3.63, 3.8) is 0 Å². The molecule has 2 aromatic heterocycles. The molecule has 4 aromatic rings. The van der Waals surface area contributed by atoms with Crippen molar-refractivity contribution in [2.24, 2.45) is 12.8 Å². The number of hydrogen-bond acceptors (Lipinski definition) is 6. The predicted molar refractivity (Wildman–Crippen MR) is 131 cm³/mol. The summed E-state index contributed by atoms with van der Waals surface area (Å²) >= 11 is 0.